The number of likely N-dealkylation sites (tertiary alicyclic amines) is 1. The standard InChI is InChI=1S/C15H18N4O3S2/c1-2-6-23-15-18-17-14(24-15)16-13(21)10-7-12(20)19(8-10)9-11-4-3-5-22-11/h3-5,10H,2,6-9H2,1H3,(H,16,17,21). The highest BCUT2D eigenvalue weighted by Crippen LogP contribution is 2.27. The molecule has 1 unspecified atom stereocenters. The van der Waals surface area contributed by atoms with Crippen LogP contribution >= 0.6 is 23.1 Å². The molecule has 2 aromatic heterocycles. The maximum Gasteiger partial charge on any atom is 0.231 e. The molecule has 0 radical (unpaired) electrons. The SMILES string of the molecule is CCCSc1nnc(NC(=O)C2CC(=O)N(Cc3ccco3)C2)s1. The lowest BCUT2D eigenvalue weighted by Crippen LogP contribution is -2.27. The van der Waals surface area contributed by atoms with E-state index in [-0.39, 0.29) is 24.2 Å². The third-order valence-corrected chi connectivity index (χ3v) is 5.76. The van der Waals surface area contributed by atoms with Crippen molar-refractivity contribution in [3.8, 4) is 0 Å². The summed E-state index contributed by atoms with van der Waals surface area (Å²) in [5.41, 5.74) is 0. The highest BCUT2D eigenvalue weighted by Gasteiger charge is 2.35. The zero-order valence-electron chi connectivity index (χ0n) is 13.2. The van der Waals surface area contributed by atoms with E-state index in [9.17, 15) is 9.59 Å². The van der Waals surface area contributed by atoms with Crippen molar-refractivity contribution in [3.05, 3.63) is 24.2 Å². The Morgan fingerprint density at radius 2 is 2.42 bits per heavy atom. The van der Waals surface area contributed by atoms with Crippen molar-refractivity contribution in [1.29, 1.82) is 0 Å². The van der Waals surface area contributed by atoms with Gasteiger partial charge in [0, 0.05) is 18.7 Å². The molecule has 1 N–H and O–H groups in total. The summed E-state index contributed by atoms with van der Waals surface area (Å²) in [5, 5.41) is 11.3. The molecule has 1 saturated heterocycles. The molecule has 2 aromatic rings. The van der Waals surface area contributed by atoms with Gasteiger partial charge in [0.1, 0.15) is 5.76 Å². The lowest BCUT2D eigenvalue weighted by atomic mass is 10.1. The minimum atomic E-state index is -0.372. The molecular weight excluding hydrogens is 348 g/mol. The molecule has 1 atom stereocenters. The summed E-state index contributed by atoms with van der Waals surface area (Å²) >= 11 is 2.98. The van der Waals surface area contributed by atoms with E-state index in [0.717, 1.165) is 16.5 Å². The van der Waals surface area contributed by atoms with E-state index in [0.29, 0.717) is 24.0 Å². The van der Waals surface area contributed by atoms with Crippen LogP contribution in [0, 0.1) is 5.92 Å². The van der Waals surface area contributed by atoms with Gasteiger partial charge >= 0.3 is 0 Å². The highest BCUT2D eigenvalue weighted by molar-refractivity contribution is 8.01. The Balaban J connectivity index is 1.54. The second-order valence-electron chi connectivity index (χ2n) is 5.47. The Bertz CT molecular complexity index is 701. The molecule has 1 aliphatic rings. The van der Waals surface area contributed by atoms with Gasteiger partial charge in [0.05, 0.1) is 18.7 Å². The molecular formula is C15H18N4O3S2. The lowest BCUT2D eigenvalue weighted by molar-refractivity contribution is -0.128. The van der Waals surface area contributed by atoms with Crippen LogP contribution in [0.15, 0.2) is 27.2 Å². The van der Waals surface area contributed by atoms with Gasteiger partial charge in [0.2, 0.25) is 16.9 Å². The molecule has 9 heteroatoms. The smallest absolute Gasteiger partial charge is 0.231 e. The molecule has 0 aliphatic carbocycles. The van der Waals surface area contributed by atoms with Gasteiger partial charge in [-0.25, -0.2) is 0 Å². The molecule has 24 heavy (non-hydrogen) atoms. The van der Waals surface area contributed by atoms with Crippen LogP contribution in [-0.2, 0) is 16.1 Å². The minimum Gasteiger partial charge on any atom is -0.467 e. The van der Waals surface area contributed by atoms with Crippen molar-refractivity contribution in [1.82, 2.24) is 15.1 Å². The van der Waals surface area contributed by atoms with Crippen LogP contribution < -0.4 is 5.32 Å². The third kappa shape index (κ3) is 4.15. The second kappa shape index (κ2) is 7.80. The van der Waals surface area contributed by atoms with Gasteiger partial charge < -0.3 is 14.6 Å². The summed E-state index contributed by atoms with van der Waals surface area (Å²) in [6, 6.07) is 3.60. The van der Waals surface area contributed by atoms with Gasteiger partial charge in [0.15, 0.2) is 4.34 Å². The molecule has 0 saturated carbocycles. The molecule has 2 amide bonds. The van der Waals surface area contributed by atoms with E-state index in [1.54, 1.807) is 29.0 Å². The number of rotatable bonds is 7. The number of nitrogens with one attached hydrogen (secondary N) is 1. The lowest BCUT2D eigenvalue weighted by Gasteiger charge is -2.14. The first-order chi connectivity index (χ1) is 11.7. The largest absolute Gasteiger partial charge is 0.467 e. The first-order valence-electron chi connectivity index (χ1n) is 7.73. The van der Waals surface area contributed by atoms with E-state index in [1.165, 1.54) is 11.3 Å². The Morgan fingerprint density at radius 3 is 3.17 bits per heavy atom. The third-order valence-electron chi connectivity index (χ3n) is 3.58. The maximum absolute atomic E-state index is 12.4. The Hall–Kier alpha value is -1.87. The first-order valence-corrected chi connectivity index (χ1v) is 9.53. The molecule has 0 bridgehead atoms. The number of carbonyl (C=O) groups excluding carboxylic acids is 2. The molecule has 0 aromatic carbocycles. The van der Waals surface area contributed by atoms with Crippen LogP contribution in [0.2, 0.25) is 0 Å². The quantitative estimate of drug-likeness (QED) is 0.599. The number of carbonyl (C=O) groups is 2. The van der Waals surface area contributed by atoms with Crippen molar-refractivity contribution in [2.45, 2.75) is 30.6 Å². The fourth-order valence-electron chi connectivity index (χ4n) is 2.41. The number of aromatic nitrogens is 2. The van der Waals surface area contributed by atoms with E-state index >= 15 is 0 Å². The van der Waals surface area contributed by atoms with Crippen molar-refractivity contribution in [3.63, 3.8) is 0 Å². The number of furan rings is 1. The van der Waals surface area contributed by atoms with Gasteiger partial charge in [-0.2, -0.15) is 0 Å². The van der Waals surface area contributed by atoms with Crippen LogP contribution in [0.4, 0.5) is 5.13 Å². The Kier molecular flexibility index (Phi) is 5.52. The molecule has 7 nitrogen and oxygen atoms in total. The van der Waals surface area contributed by atoms with Gasteiger partial charge in [-0.15, -0.1) is 10.2 Å². The van der Waals surface area contributed by atoms with Gasteiger partial charge in [-0.3, -0.25) is 9.59 Å². The number of anilines is 1. The Labute approximate surface area is 147 Å². The summed E-state index contributed by atoms with van der Waals surface area (Å²) in [4.78, 5) is 26.1. The monoisotopic (exact) mass is 366 g/mol. The summed E-state index contributed by atoms with van der Waals surface area (Å²) in [5.74, 6) is 1.09. The van der Waals surface area contributed by atoms with E-state index in [4.69, 9.17) is 4.42 Å². The Morgan fingerprint density at radius 1 is 1.54 bits per heavy atom. The number of hydrogen-bond acceptors (Lipinski definition) is 7. The van der Waals surface area contributed by atoms with Crippen molar-refractivity contribution in [2.24, 2.45) is 5.92 Å². The molecule has 3 heterocycles. The first kappa shape index (κ1) is 17.0. The molecule has 0 spiro atoms. The fourth-order valence-corrected chi connectivity index (χ4v) is 4.09. The fraction of sp³-hybridized carbons (Fsp3) is 0.467. The zero-order valence-corrected chi connectivity index (χ0v) is 14.9. The number of nitrogens with zero attached hydrogens (tertiary/aromatic N) is 3. The van der Waals surface area contributed by atoms with Crippen LogP contribution in [-0.4, -0.2) is 39.2 Å². The predicted molar refractivity (Wildman–Crippen MR) is 91.8 cm³/mol. The number of hydrogen-bond donors (Lipinski definition) is 1. The van der Waals surface area contributed by atoms with Crippen LogP contribution in [0.1, 0.15) is 25.5 Å². The van der Waals surface area contributed by atoms with Crippen LogP contribution in [0.3, 0.4) is 0 Å². The normalized spacial score (nSPS) is 17.5. The number of thioether (sulfide) groups is 1. The molecule has 3 rings (SSSR count). The highest BCUT2D eigenvalue weighted by atomic mass is 32.2. The number of amides is 2. The molecule has 1 fully saturated rings. The summed E-state index contributed by atoms with van der Waals surface area (Å²) < 4.78 is 6.10. The van der Waals surface area contributed by atoms with E-state index in [1.807, 2.05) is 6.07 Å². The van der Waals surface area contributed by atoms with E-state index < -0.39 is 0 Å². The second-order valence-corrected chi connectivity index (χ2v) is 7.79. The van der Waals surface area contributed by atoms with Gasteiger partial charge in [-0.05, 0) is 18.6 Å². The average Bonchev–Trinajstić information content (AvgIpc) is 3.29. The van der Waals surface area contributed by atoms with Gasteiger partial charge in [-0.1, -0.05) is 30.0 Å². The van der Waals surface area contributed by atoms with Gasteiger partial charge in [0.25, 0.3) is 0 Å². The average molecular weight is 366 g/mol. The summed E-state index contributed by atoms with van der Waals surface area (Å²) in [7, 11) is 0. The summed E-state index contributed by atoms with van der Waals surface area (Å²) in [6.07, 6.45) is 2.84. The molecule has 128 valence electrons. The molecule has 1 aliphatic heterocycles. The summed E-state index contributed by atoms with van der Waals surface area (Å²) in [6.45, 7) is 2.89. The van der Waals surface area contributed by atoms with Crippen molar-refractivity contribution < 1.29 is 14.0 Å². The minimum absolute atomic E-state index is 0.0389. The van der Waals surface area contributed by atoms with Crippen LogP contribution in [0.5, 0.6) is 0 Å². The predicted octanol–water partition coefficient (Wildman–Crippen LogP) is 2.62. The zero-order chi connectivity index (χ0) is 16.9. The van der Waals surface area contributed by atoms with Crippen molar-refractivity contribution >= 4 is 40.0 Å². The van der Waals surface area contributed by atoms with E-state index in [2.05, 4.69) is 22.4 Å². The topological polar surface area (TPSA) is 88.3 Å². The van der Waals surface area contributed by atoms with Crippen LogP contribution in [0.25, 0.3) is 0 Å². The maximum atomic E-state index is 12.4. The van der Waals surface area contributed by atoms with Crippen molar-refractivity contribution in [2.75, 3.05) is 17.6 Å².